The highest BCUT2D eigenvalue weighted by molar-refractivity contribution is 7.10. The lowest BCUT2D eigenvalue weighted by atomic mass is 10.2. The fraction of sp³-hybridized carbons (Fsp3) is 0.667. The molecule has 1 unspecified atom stereocenters. The summed E-state index contributed by atoms with van der Waals surface area (Å²) in [6.45, 7) is 5.19. The summed E-state index contributed by atoms with van der Waals surface area (Å²) in [5, 5.41) is 15.1. The zero-order valence-electron chi connectivity index (χ0n) is 13.1. The lowest BCUT2D eigenvalue weighted by Gasteiger charge is -2.24. The minimum atomic E-state index is -0.226. The van der Waals surface area contributed by atoms with Crippen LogP contribution in [0.25, 0.3) is 0 Å². The van der Waals surface area contributed by atoms with Crippen LogP contribution in [0.1, 0.15) is 24.3 Å². The largest absolute Gasteiger partial charge is 0.391 e. The standard InChI is InChI=1S/C15H26N4OS/c1-4-16-15(19-8-7-12(20)11-19)17-10-13(18(2)3)14-6-5-9-21-14/h5-6,9,12-13,20H,4,7-8,10-11H2,1-3H3,(H,16,17)/t12-,13?/m1/s1. The van der Waals surface area contributed by atoms with E-state index in [-0.39, 0.29) is 6.10 Å². The van der Waals surface area contributed by atoms with Gasteiger partial charge in [0.05, 0.1) is 18.7 Å². The van der Waals surface area contributed by atoms with Crippen molar-refractivity contribution in [3.8, 4) is 0 Å². The Kier molecular flexibility index (Phi) is 6.02. The third kappa shape index (κ3) is 4.43. The topological polar surface area (TPSA) is 51.1 Å². The zero-order valence-corrected chi connectivity index (χ0v) is 13.9. The van der Waals surface area contributed by atoms with E-state index in [4.69, 9.17) is 4.99 Å². The van der Waals surface area contributed by atoms with Crippen molar-refractivity contribution in [2.75, 3.05) is 40.3 Å². The summed E-state index contributed by atoms with van der Waals surface area (Å²) in [4.78, 5) is 10.5. The first-order valence-corrected chi connectivity index (χ1v) is 8.41. The number of guanidine groups is 1. The van der Waals surface area contributed by atoms with E-state index in [2.05, 4.69) is 53.6 Å². The van der Waals surface area contributed by atoms with Crippen molar-refractivity contribution < 1.29 is 5.11 Å². The van der Waals surface area contributed by atoms with Crippen LogP contribution >= 0.6 is 11.3 Å². The molecular formula is C15H26N4OS. The number of likely N-dealkylation sites (tertiary alicyclic amines) is 1. The molecule has 0 radical (unpaired) electrons. The maximum absolute atomic E-state index is 9.70. The molecule has 1 aromatic rings. The Labute approximate surface area is 131 Å². The molecule has 0 amide bonds. The highest BCUT2D eigenvalue weighted by Crippen LogP contribution is 2.23. The highest BCUT2D eigenvalue weighted by atomic mass is 32.1. The summed E-state index contributed by atoms with van der Waals surface area (Å²) in [7, 11) is 4.18. The number of rotatable bonds is 5. The zero-order chi connectivity index (χ0) is 15.2. The summed E-state index contributed by atoms with van der Waals surface area (Å²) in [6.07, 6.45) is 0.600. The number of nitrogens with one attached hydrogen (secondary N) is 1. The van der Waals surface area contributed by atoms with Gasteiger partial charge in [0.2, 0.25) is 0 Å². The van der Waals surface area contributed by atoms with Crippen LogP contribution in [0.15, 0.2) is 22.5 Å². The van der Waals surface area contributed by atoms with Crippen molar-refractivity contribution in [2.24, 2.45) is 4.99 Å². The number of hydrogen-bond donors (Lipinski definition) is 2. The normalized spacial score (nSPS) is 21.1. The Hall–Kier alpha value is -1.11. The molecule has 1 fully saturated rings. The van der Waals surface area contributed by atoms with Gasteiger partial charge in [-0.1, -0.05) is 6.07 Å². The second kappa shape index (κ2) is 7.77. The van der Waals surface area contributed by atoms with Crippen molar-refractivity contribution in [2.45, 2.75) is 25.5 Å². The van der Waals surface area contributed by atoms with E-state index in [9.17, 15) is 5.11 Å². The summed E-state index contributed by atoms with van der Waals surface area (Å²) in [6, 6.07) is 4.55. The maximum Gasteiger partial charge on any atom is 0.194 e. The third-order valence-electron chi connectivity index (χ3n) is 3.71. The van der Waals surface area contributed by atoms with E-state index in [1.54, 1.807) is 11.3 Å². The molecule has 1 aliphatic heterocycles. The third-order valence-corrected chi connectivity index (χ3v) is 4.68. The fourth-order valence-corrected chi connectivity index (χ4v) is 3.44. The molecular weight excluding hydrogens is 284 g/mol. The van der Waals surface area contributed by atoms with Crippen molar-refractivity contribution in [1.82, 2.24) is 15.1 Å². The molecule has 0 saturated carbocycles. The molecule has 1 saturated heterocycles. The van der Waals surface area contributed by atoms with E-state index in [0.717, 1.165) is 32.0 Å². The van der Waals surface area contributed by atoms with Crippen LogP contribution in [0, 0.1) is 0 Å². The molecule has 2 N–H and O–H groups in total. The van der Waals surface area contributed by atoms with Crippen LogP contribution in [-0.4, -0.2) is 67.2 Å². The SMILES string of the molecule is CCNC(=NCC(c1cccs1)N(C)C)N1CC[C@@H](O)C1. The molecule has 0 spiro atoms. The fourth-order valence-electron chi connectivity index (χ4n) is 2.52. The number of likely N-dealkylation sites (N-methyl/N-ethyl adjacent to an activating group) is 1. The van der Waals surface area contributed by atoms with Gasteiger partial charge in [-0.05, 0) is 38.9 Å². The molecule has 2 heterocycles. The second-order valence-electron chi connectivity index (χ2n) is 5.58. The van der Waals surface area contributed by atoms with Crippen LogP contribution in [-0.2, 0) is 0 Å². The first-order valence-electron chi connectivity index (χ1n) is 7.53. The van der Waals surface area contributed by atoms with Crippen molar-refractivity contribution in [1.29, 1.82) is 0 Å². The highest BCUT2D eigenvalue weighted by Gasteiger charge is 2.23. The number of aliphatic hydroxyl groups is 1. The van der Waals surface area contributed by atoms with E-state index in [1.165, 1.54) is 4.88 Å². The lowest BCUT2D eigenvalue weighted by molar-refractivity contribution is 0.187. The molecule has 118 valence electrons. The van der Waals surface area contributed by atoms with E-state index in [0.29, 0.717) is 12.6 Å². The molecule has 0 aromatic carbocycles. The van der Waals surface area contributed by atoms with Crippen LogP contribution in [0.5, 0.6) is 0 Å². The Bertz CT molecular complexity index is 447. The van der Waals surface area contributed by atoms with Crippen LogP contribution in [0.2, 0.25) is 0 Å². The van der Waals surface area contributed by atoms with Gasteiger partial charge in [0, 0.05) is 24.5 Å². The van der Waals surface area contributed by atoms with E-state index in [1.807, 2.05) is 0 Å². The summed E-state index contributed by atoms with van der Waals surface area (Å²) in [5.74, 6) is 0.914. The minimum absolute atomic E-state index is 0.226. The molecule has 0 aliphatic carbocycles. The number of aliphatic imine (C=N–C) groups is 1. The molecule has 2 rings (SSSR count). The Morgan fingerprint density at radius 3 is 2.95 bits per heavy atom. The predicted octanol–water partition coefficient (Wildman–Crippen LogP) is 1.38. The van der Waals surface area contributed by atoms with Gasteiger partial charge in [-0.25, -0.2) is 0 Å². The van der Waals surface area contributed by atoms with E-state index < -0.39 is 0 Å². The maximum atomic E-state index is 9.70. The van der Waals surface area contributed by atoms with Gasteiger partial charge in [-0.15, -0.1) is 11.3 Å². The number of nitrogens with zero attached hydrogens (tertiary/aromatic N) is 3. The number of aliphatic hydroxyl groups excluding tert-OH is 1. The molecule has 2 atom stereocenters. The molecule has 21 heavy (non-hydrogen) atoms. The molecule has 1 aromatic heterocycles. The average Bonchev–Trinajstić information content (AvgIpc) is 3.09. The first kappa shape index (κ1) is 16.3. The quantitative estimate of drug-likeness (QED) is 0.637. The molecule has 6 heteroatoms. The van der Waals surface area contributed by atoms with Crippen LogP contribution < -0.4 is 5.32 Å². The van der Waals surface area contributed by atoms with Gasteiger partial charge in [-0.3, -0.25) is 4.99 Å². The first-order chi connectivity index (χ1) is 10.1. The predicted molar refractivity (Wildman–Crippen MR) is 88.9 cm³/mol. The van der Waals surface area contributed by atoms with Crippen molar-refractivity contribution >= 4 is 17.3 Å². The van der Waals surface area contributed by atoms with Crippen LogP contribution in [0.3, 0.4) is 0 Å². The number of β-amino-alcohol motifs (C(OH)–C–C–N with tert-alkyl or cyclic N) is 1. The van der Waals surface area contributed by atoms with Gasteiger partial charge in [0.25, 0.3) is 0 Å². The smallest absolute Gasteiger partial charge is 0.194 e. The van der Waals surface area contributed by atoms with Gasteiger partial charge in [0.15, 0.2) is 5.96 Å². The van der Waals surface area contributed by atoms with Gasteiger partial charge in [-0.2, -0.15) is 0 Å². The molecule has 5 nitrogen and oxygen atoms in total. The van der Waals surface area contributed by atoms with Crippen LogP contribution in [0.4, 0.5) is 0 Å². The van der Waals surface area contributed by atoms with E-state index >= 15 is 0 Å². The number of thiophene rings is 1. The molecule has 0 bridgehead atoms. The summed E-state index contributed by atoms with van der Waals surface area (Å²) < 4.78 is 0. The Morgan fingerprint density at radius 1 is 1.62 bits per heavy atom. The van der Waals surface area contributed by atoms with Crippen molar-refractivity contribution in [3.05, 3.63) is 22.4 Å². The Morgan fingerprint density at radius 2 is 2.43 bits per heavy atom. The summed E-state index contributed by atoms with van der Waals surface area (Å²) >= 11 is 1.77. The van der Waals surface area contributed by atoms with Gasteiger partial charge in [0.1, 0.15) is 0 Å². The molecule has 1 aliphatic rings. The summed E-state index contributed by atoms with van der Waals surface area (Å²) in [5.41, 5.74) is 0. The Balaban J connectivity index is 2.06. The number of hydrogen-bond acceptors (Lipinski definition) is 4. The van der Waals surface area contributed by atoms with Gasteiger partial charge >= 0.3 is 0 Å². The minimum Gasteiger partial charge on any atom is -0.391 e. The average molecular weight is 310 g/mol. The monoisotopic (exact) mass is 310 g/mol. The second-order valence-corrected chi connectivity index (χ2v) is 6.56. The lowest BCUT2D eigenvalue weighted by Crippen LogP contribution is -2.41. The van der Waals surface area contributed by atoms with Crippen molar-refractivity contribution in [3.63, 3.8) is 0 Å². The van der Waals surface area contributed by atoms with Gasteiger partial charge < -0.3 is 20.2 Å².